The Morgan fingerprint density at radius 1 is 0.674 bits per heavy atom. The summed E-state index contributed by atoms with van der Waals surface area (Å²) in [5.74, 6) is 0.632. The molecule has 0 saturated heterocycles. The fourth-order valence-electron chi connectivity index (χ4n) is 5.89. The van der Waals surface area contributed by atoms with Gasteiger partial charge in [-0.05, 0) is 86.5 Å². The molecule has 0 radical (unpaired) electrons. The van der Waals surface area contributed by atoms with Gasteiger partial charge in [0.25, 0.3) is 0 Å². The summed E-state index contributed by atoms with van der Waals surface area (Å²) in [4.78, 5) is 4.84. The van der Waals surface area contributed by atoms with Gasteiger partial charge in [0, 0.05) is 12.0 Å². The van der Waals surface area contributed by atoms with Crippen LogP contribution in [0.1, 0.15) is 103 Å². The highest BCUT2D eigenvalue weighted by Gasteiger charge is 2.28. The van der Waals surface area contributed by atoms with E-state index in [1.165, 1.54) is 27.8 Å². The first-order valence-electron chi connectivity index (χ1n) is 16.4. The number of fused-ring (bicyclic) bond motifs is 1. The molecule has 5 aromatic rings. The van der Waals surface area contributed by atoms with Crippen LogP contribution in [0.3, 0.4) is 0 Å². The van der Waals surface area contributed by atoms with Gasteiger partial charge >= 0.3 is 0 Å². The molecule has 0 fully saturated rings. The normalized spacial score (nSPS) is 16.1. The van der Waals surface area contributed by atoms with Gasteiger partial charge in [0.2, 0.25) is 5.89 Å². The van der Waals surface area contributed by atoms with E-state index in [0.29, 0.717) is 5.89 Å². The topological polar surface area (TPSA) is 41.6 Å². The van der Waals surface area contributed by atoms with Gasteiger partial charge in [-0.15, -0.1) is 0 Å². The van der Waals surface area contributed by atoms with Crippen molar-refractivity contribution in [2.45, 2.75) is 91.0 Å². The van der Waals surface area contributed by atoms with Gasteiger partial charge in [-0.25, -0.2) is 4.98 Å². The summed E-state index contributed by atoms with van der Waals surface area (Å²) in [7, 11) is 0. The van der Waals surface area contributed by atoms with Gasteiger partial charge in [0.15, 0.2) is 5.58 Å². The molecule has 46 heavy (non-hydrogen) atoms. The van der Waals surface area contributed by atoms with E-state index < -0.39 is 0 Å². The summed E-state index contributed by atoms with van der Waals surface area (Å²) in [6.45, 7) is 20.3. The van der Waals surface area contributed by atoms with E-state index in [-0.39, 0.29) is 22.3 Å². The van der Waals surface area contributed by atoms with Crippen LogP contribution in [0.4, 0.5) is 5.69 Å². The maximum atomic E-state index is 6.17. The molecule has 1 aliphatic rings. The Balaban J connectivity index is 1.31. The Morgan fingerprint density at radius 3 is 1.91 bits per heavy atom. The van der Waals surface area contributed by atoms with Crippen molar-refractivity contribution in [3.05, 3.63) is 125 Å². The summed E-state index contributed by atoms with van der Waals surface area (Å²) >= 11 is 0. The highest BCUT2D eigenvalue weighted by Crippen LogP contribution is 2.37. The predicted octanol–water partition coefficient (Wildman–Crippen LogP) is 11.4. The number of aromatic nitrogens is 1. The molecule has 0 bridgehead atoms. The molecule has 4 aromatic carbocycles. The molecule has 4 nitrogen and oxygen atoms in total. The van der Waals surface area contributed by atoms with Gasteiger partial charge in [-0.1, -0.05) is 123 Å². The Kier molecular flexibility index (Phi) is 8.04. The third-order valence-electron chi connectivity index (χ3n) is 8.91. The quantitative estimate of drug-likeness (QED) is 0.199. The molecule has 2 heterocycles. The molecule has 1 aliphatic heterocycles. The fraction of sp³-hybridized carbons (Fsp3) is 0.333. The van der Waals surface area contributed by atoms with Crippen molar-refractivity contribution in [2.24, 2.45) is 5.10 Å². The van der Waals surface area contributed by atoms with Crippen LogP contribution in [0.5, 0.6) is 0 Å². The standard InChI is InChI=1S/C42H47N3O/c1-40(2,3)31-18-22-38-36(26-31)43-39(46-38)30-16-20-35(21-17-30)45-37(29-13-11-10-12-14-29)27-34(44-45)19-15-28-23-32(41(4,5)6)25-33(24-28)42(7,8)9/h10-26,37H,27H2,1-9H3. The predicted molar refractivity (Wildman–Crippen MR) is 195 cm³/mol. The Labute approximate surface area is 274 Å². The second kappa shape index (κ2) is 11.7. The Morgan fingerprint density at radius 2 is 1.30 bits per heavy atom. The zero-order valence-corrected chi connectivity index (χ0v) is 28.8. The van der Waals surface area contributed by atoms with Crippen molar-refractivity contribution in [3.63, 3.8) is 0 Å². The van der Waals surface area contributed by atoms with Gasteiger partial charge in [-0.3, -0.25) is 5.01 Å². The molecule has 0 saturated carbocycles. The lowest BCUT2D eigenvalue weighted by molar-refractivity contribution is 0.568. The Hall–Kier alpha value is -4.44. The van der Waals surface area contributed by atoms with Crippen LogP contribution in [0.2, 0.25) is 0 Å². The molecular weight excluding hydrogens is 562 g/mol. The van der Waals surface area contributed by atoms with Crippen molar-refractivity contribution in [1.82, 2.24) is 4.98 Å². The summed E-state index contributed by atoms with van der Waals surface area (Å²) in [6.07, 6.45) is 5.26. The lowest BCUT2D eigenvalue weighted by atomic mass is 9.79. The first kappa shape index (κ1) is 31.5. The highest BCUT2D eigenvalue weighted by molar-refractivity contribution is 6.01. The highest BCUT2D eigenvalue weighted by atomic mass is 16.3. The zero-order chi connectivity index (χ0) is 32.9. The average Bonchev–Trinajstić information content (AvgIpc) is 3.64. The number of rotatable bonds is 5. The third kappa shape index (κ3) is 6.72. The molecular formula is C42H47N3O. The van der Waals surface area contributed by atoms with Crippen LogP contribution in [-0.4, -0.2) is 10.7 Å². The maximum absolute atomic E-state index is 6.17. The van der Waals surface area contributed by atoms with Gasteiger partial charge < -0.3 is 4.42 Å². The van der Waals surface area contributed by atoms with Crippen LogP contribution in [0, 0.1) is 0 Å². The first-order chi connectivity index (χ1) is 21.6. The van der Waals surface area contributed by atoms with E-state index in [9.17, 15) is 0 Å². The number of nitrogens with zero attached hydrogens (tertiary/aromatic N) is 3. The Bertz CT molecular complexity index is 1870. The van der Waals surface area contributed by atoms with Gasteiger partial charge in [0.05, 0.1) is 17.4 Å². The maximum Gasteiger partial charge on any atom is 0.227 e. The number of allylic oxidation sites excluding steroid dienone is 1. The third-order valence-corrected chi connectivity index (χ3v) is 8.91. The molecule has 4 heteroatoms. The first-order valence-corrected chi connectivity index (χ1v) is 16.4. The molecule has 0 N–H and O–H groups in total. The molecule has 0 spiro atoms. The van der Waals surface area contributed by atoms with Gasteiger partial charge in [-0.2, -0.15) is 5.10 Å². The van der Waals surface area contributed by atoms with E-state index in [1.54, 1.807) is 0 Å². The van der Waals surface area contributed by atoms with Crippen LogP contribution < -0.4 is 5.01 Å². The van der Waals surface area contributed by atoms with Crippen LogP contribution in [-0.2, 0) is 16.2 Å². The molecule has 1 aromatic heterocycles. The van der Waals surface area contributed by atoms with Crippen LogP contribution in [0.25, 0.3) is 28.6 Å². The molecule has 0 aliphatic carbocycles. The summed E-state index contributed by atoms with van der Waals surface area (Å²) in [6, 6.07) is 32.5. The minimum Gasteiger partial charge on any atom is -0.436 e. The fourth-order valence-corrected chi connectivity index (χ4v) is 5.89. The van der Waals surface area contributed by atoms with E-state index in [2.05, 4.69) is 164 Å². The lowest BCUT2D eigenvalue weighted by Crippen LogP contribution is -2.18. The number of benzene rings is 4. The summed E-state index contributed by atoms with van der Waals surface area (Å²) in [5, 5.41) is 7.33. The van der Waals surface area contributed by atoms with Crippen LogP contribution in [0.15, 0.2) is 107 Å². The number of hydrogen-bond donors (Lipinski definition) is 0. The molecule has 6 rings (SSSR count). The number of hydrazone groups is 1. The van der Waals surface area contributed by atoms with Gasteiger partial charge in [0.1, 0.15) is 5.52 Å². The minimum absolute atomic E-state index is 0.0559. The second-order valence-electron chi connectivity index (χ2n) is 15.7. The molecule has 236 valence electrons. The number of anilines is 1. The molecule has 1 unspecified atom stereocenters. The average molecular weight is 610 g/mol. The van der Waals surface area contributed by atoms with E-state index in [1.807, 2.05) is 6.07 Å². The zero-order valence-electron chi connectivity index (χ0n) is 28.8. The summed E-state index contributed by atoms with van der Waals surface area (Å²) < 4.78 is 6.17. The minimum atomic E-state index is 0.0559. The van der Waals surface area contributed by atoms with E-state index in [0.717, 1.165) is 34.5 Å². The van der Waals surface area contributed by atoms with Crippen LogP contribution >= 0.6 is 0 Å². The number of oxazole rings is 1. The van der Waals surface area contributed by atoms with E-state index in [4.69, 9.17) is 14.5 Å². The van der Waals surface area contributed by atoms with Crippen molar-refractivity contribution >= 4 is 28.6 Å². The van der Waals surface area contributed by atoms with E-state index >= 15 is 0 Å². The SMILES string of the molecule is CC(C)(C)c1cc(C=CC2=NN(c3ccc(-c4nc5cc(C(C)(C)C)ccc5o4)cc3)C(c3ccccc3)C2)cc(C(C)(C)C)c1. The number of hydrogen-bond acceptors (Lipinski definition) is 4. The second-order valence-corrected chi connectivity index (χ2v) is 15.7. The van der Waals surface area contributed by atoms with Crippen molar-refractivity contribution in [1.29, 1.82) is 0 Å². The summed E-state index contributed by atoms with van der Waals surface area (Å²) in [5.41, 5.74) is 11.4. The van der Waals surface area contributed by atoms with Crippen molar-refractivity contribution < 1.29 is 4.42 Å². The van der Waals surface area contributed by atoms with Crippen molar-refractivity contribution in [2.75, 3.05) is 5.01 Å². The van der Waals surface area contributed by atoms with Crippen molar-refractivity contribution in [3.8, 4) is 11.5 Å². The largest absolute Gasteiger partial charge is 0.436 e. The smallest absolute Gasteiger partial charge is 0.227 e. The molecule has 0 amide bonds. The molecule has 1 atom stereocenters. The lowest BCUT2D eigenvalue weighted by Gasteiger charge is -2.25. The monoisotopic (exact) mass is 609 g/mol.